The van der Waals surface area contributed by atoms with Gasteiger partial charge in [-0.2, -0.15) is 5.10 Å². The number of methoxy groups -OCH3 is 1. The number of carbonyl (C=O) groups excluding carboxylic acids is 2. The number of nitrogens with zero attached hydrogens (tertiary/aromatic N) is 2. The maximum absolute atomic E-state index is 12.3. The molecule has 0 fully saturated rings. The van der Waals surface area contributed by atoms with E-state index in [0.29, 0.717) is 11.3 Å². The second-order valence-electron chi connectivity index (χ2n) is 5.28. The average molecular weight is 317 g/mol. The van der Waals surface area contributed by atoms with Gasteiger partial charge in [-0.3, -0.25) is 9.48 Å². The van der Waals surface area contributed by atoms with Crippen LogP contribution in [0.15, 0.2) is 42.7 Å². The highest BCUT2D eigenvalue weighted by Gasteiger charge is 2.37. The Balaban J connectivity index is 2.11. The lowest BCUT2D eigenvalue weighted by molar-refractivity contribution is -0.148. The van der Waals surface area contributed by atoms with Crippen molar-refractivity contribution in [1.29, 1.82) is 0 Å². The lowest BCUT2D eigenvalue weighted by Crippen LogP contribution is -2.56. The summed E-state index contributed by atoms with van der Waals surface area (Å²) >= 11 is 0. The molecule has 1 unspecified atom stereocenters. The minimum absolute atomic E-state index is 0.0598. The highest BCUT2D eigenvalue weighted by molar-refractivity contribution is 5.97. The monoisotopic (exact) mass is 317 g/mol. The summed E-state index contributed by atoms with van der Waals surface area (Å²) in [6.07, 6.45) is 2.98. The molecule has 0 spiro atoms. The molecule has 0 aliphatic rings. The molecular weight excluding hydrogens is 298 g/mol. The van der Waals surface area contributed by atoms with Gasteiger partial charge in [-0.05, 0) is 19.1 Å². The van der Waals surface area contributed by atoms with Crippen LogP contribution in [0.4, 0.5) is 0 Å². The lowest BCUT2D eigenvalue weighted by Gasteiger charge is -2.27. The zero-order valence-electron chi connectivity index (χ0n) is 13.3. The van der Waals surface area contributed by atoms with E-state index in [1.165, 1.54) is 18.0 Å². The first-order chi connectivity index (χ1) is 10.9. The molecule has 0 aliphatic heterocycles. The normalized spacial score (nSPS) is 13.0. The van der Waals surface area contributed by atoms with Crippen LogP contribution in [0, 0.1) is 0 Å². The number of ether oxygens (including phenoxy) is 2. The van der Waals surface area contributed by atoms with Crippen LogP contribution < -0.4 is 10.1 Å². The molecule has 0 saturated carbocycles. The minimum Gasteiger partial charge on any atom is -0.491 e. The zero-order chi connectivity index (χ0) is 16.9. The summed E-state index contributed by atoms with van der Waals surface area (Å²) < 4.78 is 11.9. The van der Waals surface area contributed by atoms with Crippen molar-refractivity contribution in [2.45, 2.75) is 12.5 Å². The van der Waals surface area contributed by atoms with E-state index in [0.717, 1.165) is 0 Å². The maximum atomic E-state index is 12.3. The molecule has 2 rings (SSSR count). The van der Waals surface area contributed by atoms with Crippen molar-refractivity contribution in [3.63, 3.8) is 0 Å². The Morgan fingerprint density at radius 3 is 2.57 bits per heavy atom. The van der Waals surface area contributed by atoms with Crippen LogP contribution >= 0.6 is 0 Å². The zero-order valence-corrected chi connectivity index (χ0v) is 13.3. The second-order valence-corrected chi connectivity index (χ2v) is 5.28. The Hall–Kier alpha value is -2.83. The Morgan fingerprint density at radius 2 is 2.00 bits per heavy atom. The number of benzene rings is 1. The number of aromatic nitrogens is 2. The van der Waals surface area contributed by atoms with Crippen molar-refractivity contribution >= 4 is 11.9 Å². The third-order valence-corrected chi connectivity index (χ3v) is 3.26. The third-order valence-electron chi connectivity index (χ3n) is 3.26. The van der Waals surface area contributed by atoms with Gasteiger partial charge in [0.15, 0.2) is 5.54 Å². The van der Waals surface area contributed by atoms with Crippen molar-refractivity contribution < 1.29 is 19.1 Å². The van der Waals surface area contributed by atoms with Crippen LogP contribution in [0.1, 0.15) is 17.3 Å². The summed E-state index contributed by atoms with van der Waals surface area (Å²) in [6.45, 7) is 1.49. The first-order valence-corrected chi connectivity index (χ1v) is 7.02. The van der Waals surface area contributed by atoms with Gasteiger partial charge in [-0.25, -0.2) is 4.79 Å². The fraction of sp³-hybridized carbons (Fsp3) is 0.312. The fourth-order valence-corrected chi connectivity index (χ4v) is 1.98. The molecule has 0 radical (unpaired) electrons. The summed E-state index contributed by atoms with van der Waals surface area (Å²) in [4.78, 5) is 24.4. The number of hydrogen-bond acceptors (Lipinski definition) is 5. The van der Waals surface area contributed by atoms with E-state index in [2.05, 4.69) is 10.4 Å². The Morgan fingerprint density at radius 1 is 1.30 bits per heavy atom. The first kappa shape index (κ1) is 16.5. The molecule has 1 N–H and O–H groups in total. The molecule has 7 nitrogen and oxygen atoms in total. The standard InChI is InChI=1S/C16H19N3O4/c1-16(15(21)22-3,11-23-13-7-5-4-6-8-13)18-14(20)12-9-17-19(2)10-12/h4-10H,11H2,1-3H3,(H,18,20). The van der Waals surface area contributed by atoms with Crippen molar-refractivity contribution in [3.8, 4) is 5.75 Å². The summed E-state index contributed by atoms with van der Waals surface area (Å²) in [6, 6.07) is 9.02. The van der Waals surface area contributed by atoms with Gasteiger partial charge in [0.2, 0.25) is 0 Å². The largest absolute Gasteiger partial charge is 0.491 e. The van der Waals surface area contributed by atoms with Crippen LogP contribution in [-0.4, -0.2) is 40.9 Å². The van der Waals surface area contributed by atoms with Crippen molar-refractivity contribution in [2.24, 2.45) is 7.05 Å². The predicted molar refractivity (Wildman–Crippen MR) is 83.0 cm³/mol. The SMILES string of the molecule is COC(=O)C(C)(COc1ccccc1)NC(=O)c1cnn(C)c1. The van der Waals surface area contributed by atoms with Crippen LogP contribution in [-0.2, 0) is 16.6 Å². The minimum atomic E-state index is -1.32. The number of amides is 1. The van der Waals surface area contributed by atoms with E-state index in [9.17, 15) is 9.59 Å². The molecule has 0 bridgehead atoms. The smallest absolute Gasteiger partial charge is 0.334 e. The summed E-state index contributed by atoms with van der Waals surface area (Å²) in [5.41, 5.74) is -0.973. The van der Waals surface area contributed by atoms with Gasteiger partial charge in [0.1, 0.15) is 12.4 Å². The number of esters is 1. The van der Waals surface area contributed by atoms with Gasteiger partial charge in [-0.1, -0.05) is 18.2 Å². The number of carbonyl (C=O) groups is 2. The topological polar surface area (TPSA) is 82.4 Å². The molecule has 1 atom stereocenters. The Bertz CT molecular complexity index is 684. The van der Waals surface area contributed by atoms with Crippen LogP contribution in [0.2, 0.25) is 0 Å². The predicted octanol–water partition coefficient (Wildman–Crippen LogP) is 1.16. The molecule has 1 amide bonds. The van der Waals surface area contributed by atoms with E-state index < -0.39 is 17.4 Å². The van der Waals surface area contributed by atoms with Gasteiger partial charge in [0, 0.05) is 13.2 Å². The van der Waals surface area contributed by atoms with E-state index in [1.54, 1.807) is 32.3 Å². The molecular formula is C16H19N3O4. The van der Waals surface area contributed by atoms with Gasteiger partial charge in [-0.15, -0.1) is 0 Å². The maximum Gasteiger partial charge on any atom is 0.334 e. The van der Waals surface area contributed by atoms with E-state index in [4.69, 9.17) is 9.47 Å². The van der Waals surface area contributed by atoms with Crippen LogP contribution in [0.25, 0.3) is 0 Å². The van der Waals surface area contributed by atoms with Crippen LogP contribution in [0.3, 0.4) is 0 Å². The number of hydrogen-bond donors (Lipinski definition) is 1. The van der Waals surface area contributed by atoms with Gasteiger partial charge in [0.25, 0.3) is 5.91 Å². The lowest BCUT2D eigenvalue weighted by atomic mass is 10.0. The van der Waals surface area contributed by atoms with Gasteiger partial charge >= 0.3 is 5.97 Å². The molecule has 7 heteroatoms. The number of aryl methyl sites for hydroxylation is 1. The molecule has 0 saturated heterocycles. The van der Waals surface area contributed by atoms with Crippen molar-refractivity contribution in [3.05, 3.63) is 48.3 Å². The molecule has 122 valence electrons. The quantitative estimate of drug-likeness (QED) is 0.809. The van der Waals surface area contributed by atoms with E-state index in [-0.39, 0.29) is 6.61 Å². The molecule has 23 heavy (non-hydrogen) atoms. The number of rotatable bonds is 6. The number of para-hydroxylation sites is 1. The molecule has 1 aromatic heterocycles. The molecule has 0 aliphatic carbocycles. The van der Waals surface area contributed by atoms with Crippen molar-refractivity contribution in [1.82, 2.24) is 15.1 Å². The van der Waals surface area contributed by atoms with Crippen LogP contribution in [0.5, 0.6) is 5.75 Å². The van der Waals surface area contributed by atoms with Crippen molar-refractivity contribution in [2.75, 3.05) is 13.7 Å². The molecule has 1 heterocycles. The summed E-state index contributed by atoms with van der Waals surface area (Å²) in [5.74, 6) is -0.424. The number of nitrogens with one attached hydrogen (secondary N) is 1. The highest BCUT2D eigenvalue weighted by Crippen LogP contribution is 2.14. The summed E-state index contributed by atoms with van der Waals surface area (Å²) in [5, 5.41) is 6.59. The third kappa shape index (κ3) is 4.09. The van der Waals surface area contributed by atoms with E-state index >= 15 is 0 Å². The molecule has 2 aromatic rings. The van der Waals surface area contributed by atoms with Gasteiger partial charge in [0.05, 0.1) is 18.9 Å². The summed E-state index contributed by atoms with van der Waals surface area (Å²) in [7, 11) is 2.97. The Kier molecular flexibility index (Phi) is 5.00. The first-order valence-electron chi connectivity index (χ1n) is 7.02. The van der Waals surface area contributed by atoms with Gasteiger partial charge < -0.3 is 14.8 Å². The second kappa shape index (κ2) is 6.95. The fourth-order valence-electron chi connectivity index (χ4n) is 1.98. The van der Waals surface area contributed by atoms with E-state index in [1.807, 2.05) is 18.2 Å². The Labute approximate surface area is 134 Å². The molecule has 1 aromatic carbocycles. The highest BCUT2D eigenvalue weighted by atomic mass is 16.5. The average Bonchev–Trinajstić information content (AvgIpc) is 3.00.